The molecule has 0 bridgehead atoms. The number of esters is 1. The minimum absolute atomic E-state index is 0.0748. The maximum Gasteiger partial charge on any atom is 0.333 e. The van der Waals surface area contributed by atoms with Gasteiger partial charge in [-0.1, -0.05) is 19.9 Å². The molecule has 1 fully saturated rings. The van der Waals surface area contributed by atoms with Crippen LogP contribution in [0.25, 0.3) is 0 Å². The molecule has 1 aliphatic heterocycles. The van der Waals surface area contributed by atoms with Gasteiger partial charge in [-0.2, -0.15) is 0 Å². The number of hydrogen-bond acceptors (Lipinski definition) is 3. The molecule has 1 heterocycles. The molecule has 1 saturated heterocycles. The second-order valence-corrected chi connectivity index (χ2v) is 3.38. The molecule has 0 aliphatic carbocycles. The molecular weight excluding hydrogens is 168 g/mol. The average molecular weight is 184 g/mol. The molecule has 2 atom stereocenters. The van der Waals surface area contributed by atoms with Crippen LogP contribution in [0.1, 0.15) is 26.7 Å². The van der Waals surface area contributed by atoms with Crippen LogP contribution in [0.4, 0.5) is 0 Å². The van der Waals surface area contributed by atoms with Crippen molar-refractivity contribution in [2.24, 2.45) is 0 Å². The van der Waals surface area contributed by atoms with Crippen molar-refractivity contribution >= 4 is 5.97 Å². The summed E-state index contributed by atoms with van der Waals surface area (Å²) in [4.78, 5) is 11.2. The third-order valence-corrected chi connectivity index (χ3v) is 1.95. The Hall–Kier alpha value is -0.830. The van der Waals surface area contributed by atoms with E-state index in [-0.39, 0.29) is 18.2 Å². The minimum Gasteiger partial charge on any atom is -0.456 e. The van der Waals surface area contributed by atoms with Gasteiger partial charge in [-0.15, -0.1) is 0 Å². The zero-order valence-corrected chi connectivity index (χ0v) is 8.21. The Balaban J connectivity index is 2.37. The average Bonchev–Trinajstić information content (AvgIpc) is 2.85. The first-order valence-electron chi connectivity index (χ1n) is 4.63. The van der Waals surface area contributed by atoms with Gasteiger partial charge in [0.25, 0.3) is 0 Å². The van der Waals surface area contributed by atoms with Crippen molar-refractivity contribution in [2.45, 2.75) is 38.9 Å². The highest BCUT2D eigenvalue weighted by Crippen LogP contribution is 2.21. The fourth-order valence-electron chi connectivity index (χ4n) is 1.11. The van der Waals surface area contributed by atoms with E-state index in [9.17, 15) is 4.79 Å². The highest BCUT2D eigenvalue weighted by atomic mass is 16.6. The summed E-state index contributed by atoms with van der Waals surface area (Å²) in [5, 5.41) is 0. The largest absolute Gasteiger partial charge is 0.456 e. The van der Waals surface area contributed by atoms with Crippen molar-refractivity contribution in [3.8, 4) is 0 Å². The van der Waals surface area contributed by atoms with Crippen molar-refractivity contribution < 1.29 is 14.3 Å². The summed E-state index contributed by atoms with van der Waals surface area (Å²) >= 11 is 0. The number of rotatable bonds is 5. The Morgan fingerprint density at radius 3 is 2.77 bits per heavy atom. The smallest absolute Gasteiger partial charge is 0.333 e. The molecule has 0 aromatic heterocycles. The quantitative estimate of drug-likeness (QED) is 0.370. The second-order valence-electron chi connectivity index (χ2n) is 3.38. The van der Waals surface area contributed by atoms with E-state index in [1.165, 1.54) is 0 Å². The summed E-state index contributed by atoms with van der Waals surface area (Å²) in [5.74, 6) is -0.311. The van der Waals surface area contributed by atoms with E-state index in [2.05, 4.69) is 13.5 Å². The van der Waals surface area contributed by atoms with Gasteiger partial charge in [0, 0.05) is 5.57 Å². The molecular formula is C10H16O3. The lowest BCUT2D eigenvalue weighted by atomic mass is 10.1. The maximum absolute atomic E-state index is 11.2. The number of ether oxygens (including phenoxy) is 2. The van der Waals surface area contributed by atoms with Gasteiger partial charge in [0.15, 0.2) is 0 Å². The second kappa shape index (κ2) is 4.42. The van der Waals surface area contributed by atoms with Gasteiger partial charge in [-0.25, -0.2) is 4.79 Å². The molecule has 2 unspecified atom stereocenters. The summed E-state index contributed by atoms with van der Waals surface area (Å²) in [7, 11) is 0. The number of hydrogen-bond donors (Lipinski definition) is 0. The molecule has 13 heavy (non-hydrogen) atoms. The first-order chi connectivity index (χ1) is 6.15. The summed E-state index contributed by atoms with van der Waals surface area (Å²) < 4.78 is 10.3. The van der Waals surface area contributed by atoms with Crippen LogP contribution in [-0.4, -0.2) is 24.8 Å². The van der Waals surface area contributed by atoms with Crippen LogP contribution in [0.3, 0.4) is 0 Å². The molecule has 0 saturated carbocycles. The van der Waals surface area contributed by atoms with Crippen LogP contribution in [0, 0.1) is 0 Å². The van der Waals surface area contributed by atoms with E-state index in [4.69, 9.17) is 9.47 Å². The minimum atomic E-state index is -0.311. The van der Waals surface area contributed by atoms with Gasteiger partial charge in [0.2, 0.25) is 0 Å². The van der Waals surface area contributed by atoms with Gasteiger partial charge < -0.3 is 9.47 Å². The molecule has 0 N–H and O–H groups in total. The zero-order valence-electron chi connectivity index (χ0n) is 8.21. The summed E-state index contributed by atoms with van der Waals surface area (Å²) in [6.45, 7) is 7.96. The van der Waals surface area contributed by atoms with Gasteiger partial charge >= 0.3 is 5.97 Å². The van der Waals surface area contributed by atoms with Crippen molar-refractivity contribution in [3.05, 3.63) is 12.2 Å². The van der Waals surface area contributed by atoms with E-state index in [1.54, 1.807) is 6.92 Å². The fraction of sp³-hybridized carbons (Fsp3) is 0.700. The molecule has 0 aromatic carbocycles. The van der Waals surface area contributed by atoms with E-state index in [1.807, 2.05) is 0 Å². The van der Waals surface area contributed by atoms with Crippen LogP contribution in [0.15, 0.2) is 12.2 Å². The summed E-state index contributed by atoms with van der Waals surface area (Å²) in [6.07, 6.45) is 1.91. The lowest BCUT2D eigenvalue weighted by Crippen LogP contribution is -2.23. The Bertz CT molecular complexity index is 206. The number of carbonyl (C=O) groups excluding carboxylic acids is 1. The van der Waals surface area contributed by atoms with Crippen LogP contribution in [0.5, 0.6) is 0 Å². The third kappa shape index (κ3) is 3.19. The standard InChI is InChI=1S/C10H16O3/c1-4-5-8(9-6-12-9)13-10(11)7(2)3/h8-9H,2,4-6H2,1,3H3. The van der Waals surface area contributed by atoms with Crippen molar-refractivity contribution in [1.82, 2.24) is 0 Å². The maximum atomic E-state index is 11.2. The topological polar surface area (TPSA) is 38.8 Å². The molecule has 3 nitrogen and oxygen atoms in total. The molecule has 0 radical (unpaired) electrons. The van der Waals surface area contributed by atoms with E-state index in [0.717, 1.165) is 12.8 Å². The molecule has 0 aromatic rings. The van der Waals surface area contributed by atoms with Crippen LogP contribution < -0.4 is 0 Å². The van der Waals surface area contributed by atoms with Gasteiger partial charge in [-0.3, -0.25) is 0 Å². The van der Waals surface area contributed by atoms with E-state index >= 15 is 0 Å². The molecule has 0 amide bonds. The Morgan fingerprint density at radius 2 is 2.38 bits per heavy atom. The molecule has 3 heteroatoms. The number of carbonyl (C=O) groups is 1. The molecule has 0 spiro atoms. The first-order valence-corrected chi connectivity index (χ1v) is 4.63. The zero-order chi connectivity index (χ0) is 9.84. The Labute approximate surface area is 78.7 Å². The molecule has 1 aliphatic rings. The van der Waals surface area contributed by atoms with E-state index in [0.29, 0.717) is 12.2 Å². The van der Waals surface area contributed by atoms with Crippen molar-refractivity contribution in [2.75, 3.05) is 6.61 Å². The van der Waals surface area contributed by atoms with Gasteiger partial charge in [-0.05, 0) is 13.3 Å². The fourth-order valence-corrected chi connectivity index (χ4v) is 1.11. The van der Waals surface area contributed by atoms with Crippen LogP contribution in [0.2, 0.25) is 0 Å². The van der Waals surface area contributed by atoms with Crippen LogP contribution >= 0.6 is 0 Å². The van der Waals surface area contributed by atoms with Crippen molar-refractivity contribution in [3.63, 3.8) is 0 Å². The van der Waals surface area contributed by atoms with Crippen LogP contribution in [-0.2, 0) is 14.3 Å². The molecule has 1 rings (SSSR count). The SMILES string of the molecule is C=C(C)C(=O)OC(CCC)C1CO1. The third-order valence-electron chi connectivity index (χ3n) is 1.95. The number of epoxide rings is 1. The highest BCUT2D eigenvalue weighted by molar-refractivity contribution is 5.87. The lowest BCUT2D eigenvalue weighted by molar-refractivity contribution is -0.145. The van der Waals surface area contributed by atoms with Gasteiger partial charge in [0.1, 0.15) is 12.2 Å². The monoisotopic (exact) mass is 184 g/mol. The van der Waals surface area contributed by atoms with Crippen molar-refractivity contribution in [1.29, 1.82) is 0 Å². The highest BCUT2D eigenvalue weighted by Gasteiger charge is 2.34. The lowest BCUT2D eigenvalue weighted by Gasteiger charge is -2.14. The van der Waals surface area contributed by atoms with Gasteiger partial charge in [0.05, 0.1) is 6.61 Å². The molecule has 74 valence electrons. The Kier molecular flexibility index (Phi) is 3.48. The van der Waals surface area contributed by atoms with E-state index < -0.39 is 0 Å². The normalized spacial score (nSPS) is 22.2. The Morgan fingerprint density at radius 1 is 1.77 bits per heavy atom. The summed E-state index contributed by atoms with van der Waals surface area (Å²) in [6, 6.07) is 0. The predicted octanol–water partition coefficient (Wildman–Crippen LogP) is 1.67. The summed E-state index contributed by atoms with van der Waals surface area (Å²) in [5.41, 5.74) is 0.446. The predicted molar refractivity (Wildman–Crippen MR) is 49.3 cm³/mol. The first kappa shape index (κ1) is 10.3.